The number of carbonyl (C=O) groups excluding carboxylic acids is 5. The number of amides is 5. The molecule has 1 saturated heterocycles. The number of nitrogens with two attached hydrogens (primary N) is 3. The van der Waals surface area contributed by atoms with Crippen LogP contribution in [0.1, 0.15) is 32.6 Å². The molecule has 14 nitrogen and oxygen atoms in total. The van der Waals surface area contributed by atoms with Gasteiger partial charge in [-0.3, -0.25) is 24.0 Å². The number of aliphatic hydroxyl groups excluding tert-OH is 1. The molecule has 0 aliphatic carbocycles. The summed E-state index contributed by atoms with van der Waals surface area (Å²) in [6.07, 6.45) is -1.95. The molecule has 1 aliphatic rings. The van der Waals surface area contributed by atoms with Gasteiger partial charge in [0.25, 0.3) is 0 Å². The van der Waals surface area contributed by atoms with Crippen molar-refractivity contribution in [3.05, 3.63) is 0 Å². The fourth-order valence-corrected chi connectivity index (χ4v) is 3.11. The maximum absolute atomic E-state index is 12.8. The van der Waals surface area contributed by atoms with Gasteiger partial charge in [-0.2, -0.15) is 0 Å². The van der Waals surface area contributed by atoms with Crippen LogP contribution < -0.4 is 27.8 Å². The van der Waals surface area contributed by atoms with Gasteiger partial charge >= 0.3 is 5.97 Å². The van der Waals surface area contributed by atoms with Crippen LogP contribution in [0.15, 0.2) is 0 Å². The van der Waals surface area contributed by atoms with E-state index < -0.39 is 78.6 Å². The first-order valence-corrected chi connectivity index (χ1v) is 9.49. The minimum absolute atomic E-state index is 0.123. The van der Waals surface area contributed by atoms with E-state index >= 15 is 0 Å². The Morgan fingerprint density at radius 1 is 1.03 bits per heavy atom. The number of likely N-dealkylation sites (tertiary alicyclic amines) is 1. The monoisotopic (exact) mass is 444 g/mol. The lowest BCUT2D eigenvalue weighted by molar-refractivity contribution is -0.150. The zero-order valence-corrected chi connectivity index (χ0v) is 16.9. The van der Waals surface area contributed by atoms with Crippen molar-refractivity contribution in [2.75, 3.05) is 6.54 Å². The van der Waals surface area contributed by atoms with Crippen molar-refractivity contribution in [1.29, 1.82) is 0 Å². The Hall–Kier alpha value is -3.26. The third-order valence-corrected chi connectivity index (χ3v) is 4.66. The number of nitrogens with one attached hydrogen (secondary N) is 2. The quantitative estimate of drug-likeness (QED) is 0.162. The van der Waals surface area contributed by atoms with E-state index in [0.717, 1.165) is 4.90 Å². The Kier molecular flexibility index (Phi) is 9.33. The van der Waals surface area contributed by atoms with Crippen LogP contribution in [0.5, 0.6) is 0 Å². The van der Waals surface area contributed by atoms with Crippen molar-refractivity contribution >= 4 is 35.5 Å². The Balaban J connectivity index is 2.97. The molecule has 0 aromatic rings. The van der Waals surface area contributed by atoms with Crippen molar-refractivity contribution in [1.82, 2.24) is 15.5 Å². The first kappa shape index (κ1) is 25.8. The van der Waals surface area contributed by atoms with Crippen LogP contribution in [0.2, 0.25) is 0 Å². The summed E-state index contributed by atoms with van der Waals surface area (Å²) in [4.78, 5) is 72.1. The highest BCUT2D eigenvalue weighted by Gasteiger charge is 2.40. The zero-order chi connectivity index (χ0) is 23.9. The fourth-order valence-electron chi connectivity index (χ4n) is 3.11. The van der Waals surface area contributed by atoms with Gasteiger partial charge in [-0.05, 0) is 19.8 Å². The van der Waals surface area contributed by atoms with E-state index in [1.165, 1.54) is 6.92 Å². The molecule has 5 atom stereocenters. The summed E-state index contributed by atoms with van der Waals surface area (Å²) in [5.74, 6) is -5.88. The molecule has 14 heteroatoms. The molecule has 0 aromatic carbocycles. The Labute approximate surface area is 177 Å². The minimum atomic E-state index is -1.56. The summed E-state index contributed by atoms with van der Waals surface area (Å²) in [6.45, 7) is 1.33. The van der Waals surface area contributed by atoms with Crippen LogP contribution in [-0.2, 0) is 28.8 Å². The Bertz CT molecular complexity index is 742. The van der Waals surface area contributed by atoms with Gasteiger partial charge in [-0.15, -0.1) is 0 Å². The molecule has 5 unspecified atom stereocenters. The average molecular weight is 444 g/mol. The lowest BCUT2D eigenvalue weighted by Gasteiger charge is -2.30. The molecule has 0 spiro atoms. The van der Waals surface area contributed by atoms with Gasteiger partial charge in [0.2, 0.25) is 29.5 Å². The SMILES string of the molecule is CC(O)C(NC(=O)C(CC(N)=O)NC(=O)C(N)CC(N)=O)C(=O)N1CCCC1C(=O)O. The number of rotatable bonds is 11. The number of nitrogens with zero attached hydrogens (tertiary/aromatic N) is 1. The smallest absolute Gasteiger partial charge is 0.326 e. The van der Waals surface area contributed by atoms with E-state index in [4.69, 9.17) is 17.2 Å². The standard InChI is InChI=1S/C17H28N6O8/c1-7(24)13(16(29)23-4-2-3-10(23)17(30)31)22-15(28)9(6-12(20)26)21-14(27)8(18)5-11(19)25/h7-10,13,24H,2-6,18H2,1H3,(H2,19,25)(H2,20,26)(H,21,27)(H,22,28)(H,30,31). The van der Waals surface area contributed by atoms with Gasteiger partial charge in [-0.25, -0.2) is 4.79 Å². The van der Waals surface area contributed by atoms with Crippen molar-refractivity contribution in [3.8, 4) is 0 Å². The number of carboxylic acid groups (broad SMARTS) is 1. The Morgan fingerprint density at radius 2 is 1.61 bits per heavy atom. The molecule has 0 radical (unpaired) electrons. The molecule has 0 bridgehead atoms. The summed E-state index contributed by atoms with van der Waals surface area (Å²) >= 11 is 0. The molecule has 1 fully saturated rings. The maximum atomic E-state index is 12.8. The van der Waals surface area contributed by atoms with Gasteiger partial charge in [0, 0.05) is 6.54 Å². The lowest BCUT2D eigenvalue weighted by Crippen LogP contribution is -2.60. The van der Waals surface area contributed by atoms with Crippen molar-refractivity contribution in [2.45, 2.75) is 62.9 Å². The summed E-state index contributed by atoms with van der Waals surface area (Å²) in [6, 6.07) is -5.60. The second kappa shape index (κ2) is 11.2. The van der Waals surface area contributed by atoms with Gasteiger partial charge in [0.1, 0.15) is 18.1 Å². The lowest BCUT2D eigenvalue weighted by atomic mass is 10.1. The molecule has 1 aliphatic heterocycles. The molecule has 0 saturated carbocycles. The minimum Gasteiger partial charge on any atom is -0.480 e. The number of primary amides is 2. The molecule has 1 heterocycles. The molecular formula is C17H28N6O8. The van der Waals surface area contributed by atoms with Gasteiger partial charge in [0.05, 0.1) is 25.0 Å². The summed E-state index contributed by atoms with van der Waals surface area (Å²) in [5, 5.41) is 23.6. The first-order valence-electron chi connectivity index (χ1n) is 9.49. The highest BCUT2D eigenvalue weighted by atomic mass is 16.4. The molecule has 0 aromatic heterocycles. The predicted octanol–water partition coefficient (Wildman–Crippen LogP) is -4.51. The normalized spacial score (nSPS) is 19.6. The largest absolute Gasteiger partial charge is 0.480 e. The van der Waals surface area contributed by atoms with Crippen LogP contribution in [0, 0.1) is 0 Å². The molecule has 174 valence electrons. The van der Waals surface area contributed by atoms with E-state index in [9.17, 15) is 39.0 Å². The third-order valence-electron chi connectivity index (χ3n) is 4.66. The number of hydrogen-bond donors (Lipinski definition) is 7. The maximum Gasteiger partial charge on any atom is 0.326 e. The van der Waals surface area contributed by atoms with E-state index in [1.54, 1.807) is 0 Å². The van der Waals surface area contributed by atoms with Crippen molar-refractivity contribution in [3.63, 3.8) is 0 Å². The Morgan fingerprint density at radius 3 is 2.10 bits per heavy atom. The number of carbonyl (C=O) groups is 6. The first-order chi connectivity index (χ1) is 14.3. The number of carboxylic acids is 1. The van der Waals surface area contributed by atoms with E-state index in [-0.39, 0.29) is 13.0 Å². The second-order valence-corrected chi connectivity index (χ2v) is 7.26. The summed E-state index contributed by atoms with van der Waals surface area (Å²) in [7, 11) is 0. The number of hydrogen-bond acceptors (Lipinski definition) is 8. The van der Waals surface area contributed by atoms with Crippen LogP contribution in [0.25, 0.3) is 0 Å². The predicted molar refractivity (Wildman–Crippen MR) is 104 cm³/mol. The van der Waals surface area contributed by atoms with Crippen LogP contribution in [0.3, 0.4) is 0 Å². The molecule has 5 amide bonds. The topological polar surface area (TPSA) is 248 Å². The zero-order valence-electron chi connectivity index (χ0n) is 16.9. The summed E-state index contributed by atoms with van der Waals surface area (Å²) < 4.78 is 0. The highest BCUT2D eigenvalue weighted by Crippen LogP contribution is 2.19. The number of aliphatic carboxylic acids is 1. The molecule has 31 heavy (non-hydrogen) atoms. The summed E-state index contributed by atoms with van der Waals surface area (Å²) in [5.41, 5.74) is 15.6. The fraction of sp³-hybridized carbons (Fsp3) is 0.647. The highest BCUT2D eigenvalue weighted by molar-refractivity contribution is 5.97. The van der Waals surface area contributed by atoms with Gasteiger partial charge in [-0.1, -0.05) is 0 Å². The number of aliphatic hydroxyl groups is 1. The van der Waals surface area contributed by atoms with Crippen LogP contribution in [0.4, 0.5) is 0 Å². The van der Waals surface area contributed by atoms with Crippen LogP contribution in [-0.4, -0.2) is 87.4 Å². The van der Waals surface area contributed by atoms with E-state index in [0.29, 0.717) is 6.42 Å². The van der Waals surface area contributed by atoms with Gasteiger partial charge < -0.3 is 42.9 Å². The van der Waals surface area contributed by atoms with E-state index in [2.05, 4.69) is 10.6 Å². The van der Waals surface area contributed by atoms with E-state index in [1.807, 2.05) is 0 Å². The van der Waals surface area contributed by atoms with Crippen molar-refractivity contribution < 1.29 is 39.0 Å². The average Bonchev–Trinajstić information content (AvgIpc) is 3.13. The van der Waals surface area contributed by atoms with Crippen molar-refractivity contribution in [2.24, 2.45) is 17.2 Å². The molecule has 10 N–H and O–H groups in total. The molecular weight excluding hydrogens is 416 g/mol. The van der Waals surface area contributed by atoms with Gasteiger partial charge in [0.15, 0.2) is 0 Å². The molecule has 1 rings (SSSR count). The third kappa shape index (κ3) is 7.49. The second-order valence-electron chi connectivity index (χ2n) is 7.26. The van der Waals surface area contributed by atoms with Crippen LogP contribution >= 0.6 is 0 Å².